The molecule has 0 spiro atoms. The van der Waals surface area contributed by atoms with Crippen LogP contribution < -0.4 is 5.43 Å². The SMILES string of the molecule is COC(=O)c1cc(Nn2c(C)ccc2C)ccn1. The number of esters is 1. The van der Waals surface area contributed by atoms with Gasteiger partial charge in [0.15, 0.2) is 0 Å². The number of anilines is 1. The van der Waals surface area contributed by atoms with E-state index in [1.165, 1.54) is 7.11 Å². The molecule has 0 bridgehead atoms. The highest BCUT2D eigenvalue weighted by molar-refractivity contribution is 5.88. The van der Waals surface area contributed by atoms with Crippen molar-refractivity contribution in [3.8, 4) is 0 Å². The zero-order valence-corrected chi connectivity index (χ0v) is 10.6. The minimum atomic E-state index is -0.445. The summed E-state index contributed by atoms with van der Waals surface area (Å²) in [5.74, 6) is -0.445. The number of nitrogens with one attached hydrogen (secondary N) is 1. The molecule has 1 N–H and O–H groups in total. The Morgan fingerprint density at radius 1 is 1.28 bits per heavy atom. The maximum Gasteiger partial charge on any atom is 0.356 e. The van der Waals surface area contributed by atoms with Crippen molar-refractivity contribution < 1.29 is 9.53 Å². The molecular weight excluding hydrogens is 230 g/mol. The second kappa shape index (κ2) is 4.91. The molecule has 5 nitrogen and oxygen atoms in total. The van der Waals surface area contributed by atoms with Crippen LogP contribution in [0.3, 0.4) is 0 Å². The lowest BCUT2D eigenvalue weighted by atomic mass is 10.3. The summed E-state index contributed by atoms with van der Waals surface area (Å²) in [4.78, 5) is 15.3. The van der Waals surface area contributed by atoms with E-state index in [1.807, 2.05) is 30.7 Å². The fourth-order valence-electron chi connectivity index (χ4n) is 1.69. The Hall–Kier alpha value is -2.30. The molecular formula is C13H15N3O2. The molecule has 0 saturated heterocycles. The number of ether oxygens (including phenoxy) is 1. The van der Waals surface area contributed by atoms with Crippen LogP contribution in [0.4, 0.5) is 5.69 Å². The van der Waals surface area contributed by atoms with Gasteiger partial charge in [0.2, 0.25) is 0 Å². The molecule has 94 valence electrons. The highest BCUT2D eigenvalue weighted by Crippen LogP contribution is 2.12. The molecule has 2 aromatic heterocycles. The van der Waals surface area contributed by atoms with E-state index in [0.717, 1.165) is 17.1 Å². The molecule has 2 aromatic rings. The van der Waals surface area contributed by atoms with Gasteiger partial charge in [-0.2, -0.15) is 0 Å². The Kier molecular flexibility index (Phi) is 3.32. The third-order valence-electron chi connectivity index (χ3n) is 2.67. The Balaban J connectivity index is 2.27. The van der Waals surface area contributed by atoms with Crippen LogP contribution in [0.2, 0.25) is 0 Å². The van der Waals surface area contributed by atoms with E-state index in [4.69, 9.17) is 0 Å². The lowest BCUT2D eigenvalue weighted by Gasteiger charge is -2.12. The summed E-state index contributed by atoms with van der Waals surface area (Å²) in [5.41, 5.74) is 6.45. The van der Waals surface area contributed by atoms with Gasteiger partial charge in [-0.25, -0.2) is 9.78 Å². The number of hydrogen-bond donors (Lipinski definition) is 1. The zero-order chi connectivity index (χ0) is 13.1. The summed E-state index contributed by atoms with van der Waals surface area (Å²) in [5, 5.41) is 0. The molecule has 0 unspecified atom stereocenters. The van der Waals surface area contributed by atoms with Gasteiger partial charge >= 0.3 is 5.97 Å². The molecule has 0 radical (unpaired) electrons. The second-order valence-corrected chi connectivity index (χ2v) is 3.98. The minimum Gasteiger partial charge on any atom is -0.464 e. The van der Waals surface area contributed by atoms with Crippen LogP contribution in [0.1, 0.15) is 21.9 Å². The van der Waals surface area contributed by atoms with Crippen molar-refractivity contribution in [1.82, 2.24) is 9.66 Å². The zero-order valence-electron chi connectivity index (χ0n) is 10.6. The van der Waals surface area contributed by atoms with Crippen molar-refractivity contribution in [3.63, 3.8) is 0 Å². The first-order valence-corrected chi connectivity index (χ1v) is 5.58. The van der Waals surface area contributed by atoms with Crippen molar-refractivity contribution in [2.45, 2.75) is 13.8 Å². The number of aromatic nitrogens is 2. The molecule has 0 aliphatic heterocycles. The Labute approximate surface area is 105 Å². The number of aryl methyl sites for hydroxylation is 2. The number of rotatable bonds is 3. The first-order valence-electron chi connectivity index (χ1n) is 5.58. The predicted octanol–water partition coefficient (Wildman–Crippen LogP) is 2.16. The predicted molar refractivity (Wildman–Crippen MR) is 68.5 cm³/mol. The number of carbonyl (C=O) groups excluding carboxylic acids is 1. The first-order chi connectivity index (χ1) is 8.61. The standard InChI is InChI=1S/C13H15N3O2/c1-9-4-5-10(2)16(9)15-11-6-7-14-12(8-11)13(17)18-3/h4-8H,1-3H3,(H,14,15). The molecule has 2 heterocycles. The van der Waals surface area contributed by atoms with Crippen LogP contribution >= 0.6 is 0 Å². The van der Waals surface area contributed by atoms with Crippen molar-refractivity contribution in [3.05, 3.63) is 47.5 Å². The van der Waals surface area contributed by atoms with Gasteiger partial charge in [-0.05, 0) is 38.1 Å². The molecule has 0 saturated carbocycles. The fourth-order valence-corrected chi connectivity index (χ4v) is 1.69. The molecule has 18 heavy (non-hydrogen) atoms. The van der Waals surface area contributed by atoms with Crippen molar-refractivity contribution in [2.24, 2.45) is 0 Å². The van der Waals surface area contributed by atoms with E-state index in [0.29, 0.717) is 0 Å². The van der Waals surface area contributed by atoms with Gasteiger partial charge in [0, 0.05) is 17.6 Å². The lowest BCUT2D eigenvalue weighted by molar-refractivity contribution is 0.0594. The topological polar surface area (TPSA) is 56.1 Å². The van der Waals surface area contributed by atoms with Gasteiger partial charge in [0.05, 0.1) is 12.8 Å². The minimum absolute atomic E-state index is 0.282. The molecule has 0 aromatic carbocycles. The number of nitrogens with zero attached hydrogens (tertiary/aromatic N) is 2. The average molecular weight is 245 g/mol. The number of pyridine rings is 1. The second-order valence-electron chi connectivity index (χ2n) is 3.98. The van der Waals surface area contributed by atoms with Crippen LogP contribution in [0, 0.1) is 13.8 Å². The maximum absolute atomic E-state index is 11.4. The van der Waals surface area contributed by atoms with Crippen LogP contribution in [-0.4, -0.2) is 22.7 Å². The quantitative estimate of drug-likeness (QED) is 0.842. The summed E-state index contributed by atoms with van der Waals surface area (Å²) in [6.45, 7) is 4.00. The summed E-state index contributed by atoms with van der Waals surface area (Å²) < 4.78 is 6.58. The van der Waals surface area contributed by atoms with Gasteiger partial charge in [-0.15, -0.1) is 0 Å². The number of carbonyl (C=O) groups is 1. The van der Waals surface area contributed by atoms with Crippen LogP contribution in [0.5, 0.6) is 0 Å². The third-order valence-corrected chi connectivity index (χ3v) is 2.67. The molecule has 0 amide bonds. The Bertz CT molecular complexity index is 556. The fraction of sp³-hybridized carbons (Fsp3) is 0.231. The third kappa shape index (κ3) is 2.34. The van der Waals surface area contributed by atoms with E-state index in [2.05, 4.69) is 15.1 Å². The van der Waals surface area contributed by atoms with Crippen LogP contribution in [-0.2, 0) is 4.74 Å². The van der Waals surface area contributed by atoms with E-state index in [1.54, 1.807) is 18.3 Å². The maximum atomic E-state index is 11.4. The van der Waals surface area contributed by atoms with Gasteiger partial charge in [-0.3, -0.25) is 10.1 Å². The van der Waals surface area contributed by atoms with Gasteiger partial charge in [0.1, 0.15) is 5.69 Å². The summed E-state index contributed by atoms with van der Waals surface area (Å²) in [6.07, 6.45) is 1.57. The largest absolute Gasteiger partial charge is 0.464 e. The normalized spacial score (nSPS) is 10.2. The molecule has 0 aliphatic rings. The average Bonchev–Trinajstić information content (AvgIpc) is 2.70. The Morgan fingerprint density at radius 3 is 2.56 bits per heavy atom. The van der Waals surface area contributed by atoms with Gasteiger partial charge in [0.25, 0.3) is 0 Å². The first kappa shape index (κ1) is 12.2. The molecule has 0 aliphatic carbocycles. The van der Waals surface area contributed by atoms with Gasteiger partial charge in [-0.1, -0.05) is 0 Å². The lowest BCUT2D eigenvalue weighted by Crippen LogP contribution is -2.13. The van der Waals surface area contributed by atoms with Gasteiger partial charge < -0.3 is 4.74 Å². The van der Waals surface area contributed by atoms with E-state index in [-0.39, 0.29) is 5.69 Å². The van der Waals surface area contributed by atoms with Crippen LogP contribution in [0.25, 0.3) is 0 Å². The number of methoxy groups -OCH3 is 1. The van der Waals surface area contributed by atoms with Crippen molar-refractivity contribution in [1.29, 1.82) is 0 Å². The summed E-state index contributed by atoms with van der Waals surface area (Å²) in [6, 6.07) is 7.49. The van der Waals surface area contributed by atoms with E-state index in [9.17, 15) is 4.79 Å². The van der Waals surface area contributed by atoms with E-state index < -0.39 is 5.97 Å². The Morgan fingerprint density at radius 2 is 1.94 bits per heavy atom. The highest BCUT2D eigenvalue weighted by Gasteiger charge is 2.08. The molecule has 2 rings (SSSR count). The highest BCUT2D eigenvalue weighted by atomic mass is 16.5. The van der Waals surface area contributed by atoms with Crippen LogP contribution in [0.15, 0.2) is 30.5 Å². The smallest absolute Gasteiger partial charge is 0.356 e. The van der Waals surface area contributed by atoms with Crippen molar-refractivity contribution in [2.75, 3.05) is 12.5 Å². The molecule has 0 fully saturated rings. The monoisotopic (exact) mass is 245 g/mol. The summed E-state index contributed by atoms with van der Waals surface area (Å²) >= 11 is 0. The van der Waals surface area contributed by atoms with E-state index >= 15 is 0 Å². The van der Waals surface area contributed by atoms with Crippen molar-refractivity contribution >= 4 is 11.7 Å². The number of hydrogen-bond acceptors (Lipinski definition) is 4. The summed E-state index contributed by atoms with van der Waals surface area (Å²) in [7, 11) is 1.34. The molecule has 0 atom stereocenters. The molecule has 5 heteroatoms.